The molecule has 1 N–H and O–H groups in total. The van der Waals surface area contributed by atoms with E-state index >= 15 is 0 Å². The van der Waals surface area contributed by atoms with Crippen LogP contribution in [0.1, 0.15) is 81.1 Å². The summed E-state index contributed by atoms with van der Waals surface area (Å²) in [5.74, 6) is 0.425. The van der Waals surface area contributed by atoms with Crippen molar-refractivity contribution in [3.8, 4) is 0 Å². The van der Waals surface area contributed by atoms with Gasteiger partial charge in [0.2, 0.25) is 0 Å². The molecule has 0 spiro atoms. The van der Waals surface area contributed by atoms with E-state index in [0.29, 0.717) is 25.0 Å². The maximum Gasteiger partial charge on any atom is 0.155 e. The van der Waals surface area contributed by atoms with Gasteiger partial charge in [0.25, 0.3) is 0 Å². The number of ketones is 1. The first-order valence-electron chi connectivity index (χ1n) is 8.70. The first kappa shape index (κ1) is 22.9. The molecule has 0 aromatic carbocycles. The molecule has 0 bridgehead atoms. The first-order chi connectivity index (χ1) is 9.81. The highest BCUT2D eigenvalue weighted by atomic mass is 16.5. The molecule has 1 fully saturated rings. The molecule has 21 heavy (non-hydrogen) atoms. The zero-order chi connectivity index (χ0) is 16.9. The Morgan fingerprint density at radius 1 is 1.00 bits per heavy atom. The van der Waals surface area contributed by atoms with Crippen LogP contribution < -0.4 is 5.32 Å². The minimum atomic E-state index is -0.333. The lowest BCUT2D eigenvalue weighted by molar-refractivity contribution is -0.133. The zero-order valence-corrected chi connectivity index (χ0v) is 15.7. The fourth-order valence-corrected chi connectivity index (χ4v) is 2.29. The molecule has 0 aromatic rings. The summed E-state index contributed by atoms with van der Waals surface area (Å²) < 4.78 is 5.34. The second-order valence-electron chi connectivity index (χ2n) is 6.43. The van der Waals surface area contributed by atoms with E-state index < -0.39 is 0 Å². The Balaban J connectivity index is 0. The SMILES string of the molecule is CC(C)NC1(C(=O)C(C)C)CCOCC1.CCC.CCC. The van der Waals surface area contributed by atoms with Crippen LogP contribution in [0.25, 0.3) is 0 Å². The van der Waals surface area contributed by atoms with Crippen molar-refractivity contribution in [2.45, 2.75) is 92.7 Å². The quantitative estimate of drug-likeness (QED) is 0.825. The van der Waals surface area contributed by atoms with Crippen LogP contribution in [0.5, 0.6) is 0 Å². The number of rotatable bonds is 4. The highest BCUT2D eigenvalue weighted by Gasteiger charge is 2.40. The third-order valence-corrected chi connectivity index (χ3v) is 2.91. The molecule has 1 heterocycles. The van der Waals surface area contributed by atoms with Crippen LogP contribution >= 0.6 is 0 Å². The third kappa shape index (κ3) is 10.0. The van der Waals surface area contributed by atoms with E-state index in [2.05, 4.69) is 46.9 Å². The molecular weight excluding hydrogens is 262 g/mol. The van der Waals surface area contributed by atoms with Gasteiger partial charge >= 0.3 is 0 Å². The van der Waals surface area contributed by atoms with Gasteiger partial charge in [0.1, 0.15) is 0 Å². The van der Waals surface area contributed by atoms with Crippen LogP contribution in [-0.4, -0.2) is 30.6 Å². The van der Waals surface area contributed by atoms with Crippen molar-refractivity contribution in [2.24, 2.45) is 5.92 Å². The molecule has 1 aliphatic rings. The molecule has 0 radical (unpaired) electrons. The van der Waals surface area contributed by atoms with Crippen LogP contribution in [0.15, 0.2) is 0 Å². The molecule has 0 unspecified atom stereocenters. The Bertz CT molecular complexity index is 242. The number of carbonyl (C=O) groups is 1. The van der Waals surface area contributed by atoms with E-state index in [-0.39, 0.29) is 11.5 Å². The van der Waals surface area contributed by atoms with Gasteiger partial charge in [0, 0.05) is 25.2 Å². The number of hydrogen-bond donors (Lipinski definition) is 1. The van der Waals surface area contributed by atoms with E-state index in [1.54, 1.807) is 0 Å². The van der Waals surface area contributed by atoms with Crippen molar-refractivity contribution in [1.82, 2.24) is 5.32 Å². The number of nitrogens with one attached hydrogen (secondary N) is 1. The molecule has 1 rings (SSSR count). The van der Waals surface area contributed by atoms with Gasteiger partial charge in [-0.2, -0.15) is 0 Å². The molecule has 0 saturated carbocycles. The number of Topliss-reactive ketones (excluding diaryl/α,β-unsaturated/α-hetero) is 1. The maximum absolute atomic E-state index is 12.2. The summed E-state index contributed by atoms with van der Waals surface area (Å²) in [6.07, 6.45) is 4.12. The minimum absolute atomic E-state index is 0.0920. The van der Waals surface area contributed by atoms with Gasteiger partial charge in [-0.15, -0.1) is 0 Å². The molecule has 1 saturated heterocycles. The van der Waals surface area contributed by atoms with Gasteiger partial charge in [0.05, 0.1) is 5.54 Å². The van der Waals surface area contributed by atoms with Crippen LogP contribution in [-0.2, 0) is 9.53 Å². The zero-order valence-electron chi connectivity index (χ0n) is 15.7. The predicted molar refractivity (Wildman–Crippen MR) is 92.8 cm³/mol. The van der Waals surface area contributed by atoms with Gasteiger partial charge < -0.3 is 10.1 Å². The van der Waals surface area contributed by atoms with E-state index in [1.807, 2.05) is 13.8 Å². The number of hydrogen-bond acceptors (Lipinski definition) is 3. The molecule has 1 aliphatic heterocycles. The second kappa shape index (κ2) is 13.3. The van der Waals surface area contributed by atoms with Gasteiger partial charge in [0.15, 0.2) is 5.78 Å². The van der Waals surface area contributed by atoms with E-state index in [0.717, 1.165) is 12.8 Å². The summed E-state index contributed by atoms with van der Waals surface area (Å²) in [4.78, 5) is 12.2. The predicted octanol–water partition coefficient (Wildman–Crippen LogP) is 4.59. The molecule has 128 valence electrons. The number of ether oxygens (including phenoxy) is 1. The maximum atomic E-state index is 12.2. The molecule has 3 nitrogen and oxygen atoms in total. The summed E-state index contributed by atoms with van der Waals surface area (Å²) in [6, 6.07) is 0.339. The Morgan fingerprint density at radius 2 is 1.38 bits per heavy atom. The van der Waals surface area contributed by atoms with Crippen molar-refractivity contribution in [2.75, 3.05) is 13.2 Å². The van der Waals surface area contributed by atoms with Crippen LogP contribution in [0.3, 0.4) is 0 Å². The van der Waals surface area contributed by atoms with Crippen molar-refractivity contribution in [3.63, 3.8) is 0 Å². The van der Waals surface area contributed by atoms with Crippen LogP contribution in [0.4, 0.5) is 0 Å². The van der Waals surface area contributed by atoms with E-state index in [9.17, 15) is 4.79 Å². The average molecular weight is 302 g/mol. The topological polar surface area (TPSA) is 38.3 Å². The van der Waals surface area contributed by atoms with Crippen molar-refractivity contribution < 1.29 is 9.53 Å². The summed E-state index contributed by atoms with van der Waals surface area (Å²) in [7, 11) is 0. The van der Waals surface area contributed by atoms with Crippen LogP contribution in [0, 0.1) is 5.92 Å². The number of carbonyl (C=O) groups excluding carboxylic acids is 1. The Morgan fingerprint density at radius 3 is 1.67 bits per heavy atom. The standard InChI is InChI=1S/C12H23NO2.2C3H8/c1-9(2)11(14)12(13-10(3)4)5-7-15-8-6-12;2*1-3-2/h9-10,13H,5-8H2,1-4H3;2*3H2,1-2H3. The normalized spacial score (nSPS) is 16.7. The van der Waals surface area contributed by atoms with Gasteiger partial charge in [-0.05, 0) is 26.7 Å². The third-order valence-electron chi connectivity index (χ3n) is 2.91. The monoisotopic (exact) mass is 301 g/mol. The largest absolute Gasteiger partial charge is 0.381 e. The van der Waals surface area contributed by atoms with Gasteiger partial charge in [-0.3, -0.25) is 4.79 Å². The minimum Gasteiger partial charge on any atom is -0.381 e. The Kier molecular flexibility index (Phi) is 14.4. The highest BCUT2D eigenvalue weighted by molar-refractivity contribution is 5.90. The molecule has 3 heteroatoms. The molecule has 0 amide bonds. The average Bonchev–Trinajstić information content (AvgIpc) is 2.39. The molecule has 0 aromatic heterocycles. The summed E-state index contributed by atoms with van der Waals surface area (Å²) in [5.41, 5.74) is -0.333. The fourth-order valence-electron chi connectivity index (χ4n) is 2.29. The fraction of sp³-hybridized carbons (Fsp3) is 0.944. The van der Waals surface area contributed by atoms with Crippen LogP contribution in [0.2, 0.25) is 0 Å². The smallest absolute Gasteiger partial charge is 0.155 e. The van der Waals surface area contributed by atoms with Gasteiger partial charge in [-0.25, -0.2) is 0 Å². The second-order valence-corrected chi connectivity index (χ2v) is 6.43. The summed E-state index contributed by atoms with van der Waals surface area (Å²) >= 11 is 0. The Hall–Kier alpha value is -0.410. The molecule has 0 atom stereocenters. The highest BCUT2D eigenvalue weighted by Crippen LogP contribution is 2.25. The van der Waals surface area contributed by atoms with Gasteiger partial charge in [-0.1, -0.05) is 54.4 Å². The molecule has 0 aliphatic carbocycles. The lowest BCUT2D eigenvalue weighted by atomic mass is 9.80. The van der Waals surface area contributed by atoms with E-state index in [4.69, 9.17) is 4.74 Å². The van der Waals surface area contributed by atoms with E-state index in [1.165, 1.54) is 12.8 Å². The van der Waals surface area contributed by atoms with Crippen molar-refractivity contribution in [1.29, 1.82) is 0 Å². The molecular formula is C18H39NO2. The van der Waals surface area contributed by atoms with Crippen molar-refractivity contribution in [3.05, 3.63) is 0 Å². The van der Waals surface area contributed by atoms with Crippen molar-refractivity contribution >= 4 is 5.78 Å². The lowest BCUT2D eigenvalue weighted by Crippen LogP contribution is -2.58. The lowest BCUT2D eigenvalue weighted by Gasteiger charge is -2.39. The Labute approximate surface area is 133 Å². The summed E-state index contributed by atoms with van der Waals surface area (Å²) in [5, 5.41) is 3.45. The summed E-state index contributed by atoms with van der Waals surface area (Å²) in [6.45, 7) is 18.0. The first-order valence-corrected chi connectivity index (χ1v) is 8.70.